The molecule has 12 nitrogen and oxygen atoms in total. The molecule has 1 aromatic heterocycles. The van der Waals surface area contributed by atoms with Crippen molar-refractivity contribution in [2.45, 2.75) is 24.8 Å². The number of aromatic nitrogens is 2. The van der Waals surface area contributed by atoms with Gasteiger partial charge in [-0.1, -0.05) is 0 Å². The molecule has 168 valence electrons. The predicted molar refractivity (Wildman–Crippen MR) is 109 cm³/mol. The van der Waals surface area contributed by atoms with Crippen LogP contribution in [0.5, 0.6) is 11.6 Å². The molecule has 0 aliphatic carbocycles. The van der Waals surface area contributed by atoms with Crippen LogP contribution < -0.4 is 9.46 Å². The van der Waals surface area contributed by atoms with E-state index in [-0.39, 0.29) is 23.2 Å². The van der Waals surface area contributed by atoms with E-state index in [0.717, 1.165) is 12.1 Å². The highest BCUT2D eigenvalue weighted by molar-refractivity contribution is 7.89. The fourth-order valence-electron chi connectivity index (χ4n) is 2.97. The van der Waals surface area contributed by atoms with Crippen LogP contribution in [0.3, 0.4) is 0 Å². The van der Waals surface area contributed by atoms with Crippen molar-refractivity contribution in [2.24, 2.45) is 7.05 Å². The average molecular weight is 453 g/mol. The van der Waals surface area contributed by atoms with Gasteiger partial charge in [0.05, 0.1) is 18.1 Å². The third-order valence-corrected chi connectivity index (χ3v) is 6.07. The first-order valence-corrected chi connectivity index (χ1v) is 11.0. The van der Waals surface area contributed by atoms with Crippen LogP contribution in [0.15, 0.2) is 29.2 Å². The molecule has 0 spiro atoms. The predicted octanol–water partition coefficient (Wildman–Crippen LogP) is 1.28. The molecule has 2 heterocycles. The van der Waals surface area contributed by atoms with Gasteiger partial charge < -0.3 is 14.4 Å². The molecule has 0 radical (unpaired) electrons. The van der Waals surface area contributed by atoms with Gasteiger partial charge in [-0.25, -0.2) is 17.8 Å². The third kappa shape index (κ3) is 5.18. The lowest BCUT2D eigenvalue weighted by molar-refractivity contribution is -0.385. The van der Waals surface area contributed by atoms with Crippen molar-refractivity contribution >= 4 is 21.6 Å². The Morgan fingerprint density at radius 1 is 1.29 bits per heavy atom. The number of hydrogen-bond acceptors (Lipinski definition) is 8. The summed E-state index contributed by atoms with van der Waals surface area (Å²) >= 11 is 0. The summed E-state index contributed by atoms with van der Waals surface area (Å²) in [5.74, 6) is -0.328. The highest BCUT2D eigenvalue weighted by Crippen LogP contribution is 2.32. The maximum atomic E-state index is 12.7. The Hall–Kier alpha value is -3.03. The van der Waals surface area contributed by atoms with Crippen molar-refractivity contribution in [3.05, 3.63) is 40.1 Å². The third-order valence-electron chi connectivity index (χ3n) is 4.39. The number of aryl methyl sites for hydroxylation is 1. The number of nitrogens with zero attached hydrogens (tertiary/aromatic N) is 4. The molecule has 2 aromatic rings. The van der Waals surface area contributed by atoms with Gasteiger partial charge in [-0.15, -0.1) is 0 Å². The van der Waals surface area contributed by atoms with Crippen molar-refractivity contribution in [3.63, 3.8) is 0 Å². The van der Waals surface area contributed by atoms with Crippen molar-refractivity contribution in [3.8, 4) is 11.6 Å². The van der Waals surface area contributed by atoms with Gasteiger partial charge in [-0.05, 0) is 19.9 Å². The van der Waals surface area contributed by atoms with Crippen LogP contribution >= 0.6 is 0 Å². The van der Waals surface area contributed by atoms with Crippen molar-refractivity contribution in [1.29, 1.82) is 0 Å². The molecule has 31 heavy (non-hydrogen) atoms. The summed E-state index contributed by atoms with van der Waals surface area (Å²) in [7, 11) is -2.56. The summed E-state index contributed by atoms with van der Waals surface area (Å²) in [6, 6.07) is 4.22. The average Bonchev–Trinajstić information content (AvgIpc) is 3.07. The van der Waals surface area contributed by atoms with Gasteiger partial charge in [0.1, 0.15) is 10.6 Å². The number of rotatable bonds is 7. The van der Waals surface area contributed by atoms with Crippen molar-refractivity contribution in [1.82, 2.24) is 19.4 Å². The number of benzene rings is 1. The molecule has 0 bridgehead atoms. The SMILES string of the molecule is CC(C)NS(=O)(=O)c1cc([N+](=O)[O-])ccc1Oc1cc(C(=O)N2CCOCC2)nn1C. The molecule has 0 unspecified atom stereocenters. The van der Waals surface area contributed by atoms with E-state index in [1.54, 1.807) is 18.7 Å². The number of non-ortho nitro benzene ring substituents is 1. The summed E-state index contributed by atoms with van der Waals surface area (Å²) < 4.78 is 40.1. The Morgan fingerprint density at radius 3 is 2.58 bits per heavy atom. The van der Waals surface area contributed by atoms with Crippen LogP contribution in [0, 0.1) is 10.1 Å². The molecule has 1 aliphatic heterocycles. The summed E-state index contributed by atoms with van der Waals surface area (Å²) in [6.07, 6.45) is 0. The quantitative estimate of drug-likeness (QED) is 0.487. The monoisotopic (exact) mass is 453 g/mol. The zero-order valence-corrected chi connectivity index (χ0v) is 18.1. The van der Waals surface area contributed by atoms with E-state index in [1.807, 2.05) is 0 Å². The number of amides is 1. The lowest BCUT2D eigenvalue weighted by Gasteiger charge is -2.25. The lowest BCUT2D eigenvalue weighted by Crippen LogP contribution is -2.40. The van der Waals surface area contributed by atoms with Crippen LogP contribution in [-0.4, -0.2) is 66.3 Å². The van der Waals surface area contributed by atoms with Gasteiger partial charge in [-0.3, -0.25) is 14.9 Å². The normalized spacial score (nSPS) is 14.6. The molecule has 1 aromatic carbocycles. The molecule has 1 amide bonds. The topological polar surface area (TPSA) is 146 Å². The minimum absolute atomic E-state index is 0.103. The van der Waals surface area contributed by atoms with Crippen LogP contribution in [0.1, 0.15) is 24.3 Å². The van der Waals surface area contributed by atoms with Gasteiger partial charge in [0.2, 0.25) is 15.9 Å². The number of carbonyl (C=O) groups is 1. The first-order valence-electron chi connectivity index (χ1n) is 9.48. The van der Waals surface area contributed by atoms with E-state index in [9.17, 15) is 23.3 Å². The zero-order chi connectivity index (χ0) is 22.8. The second-order valence-corrected chi connectivity index (χ2v) is 8.84. The second kappa shape index (κ2) is 8.99. The van der Waals surface area contributed by atoms with E-state index in [0.29, 0.717) is 26.3 Å². The van der Waals surface area contributed by atoms with E-state index in [4.69, 9.17) is 9.47 Å². The first kappa shape index (κ1) is 22.7. The Labute approximate surface area is 178 Å². The van der Waals surface area contributed by atoms with Gasteiger partial charge in [0.25, 0.3) is 11.6 Å². The van der Waals surface area contributed by atoms with Gasteiger partial charge in [0.15, 0.2) is 5.69 Å². The van der Waals surface area contributed by atoms with Crippen LogP contribution in [0.2, 0.25) is 0 Å². The zero-order valence-electron chi connectivity index (χ0n) is 17.3. The molecule has 13 heteroatoms. The standard InChI is InChI=1S/C18H23N5O7S/c1-12(2)20-31(27,28)16-10-13(23(25)26)4-5-15(16)30-17-11-14(19-21(17)3)18(24)22-6-8-29-9-7-22/h4-5,10-12,20H,6-9H2,1-3H3. The molecular weight excluding hydrogens is 430 g/mol. The Kier molecular flexibility index (Phi) is 6.57. The number of hydrogen-bond donors (Lipinski definition) is 1. The minimum atomic E-state index is -4.10. The van der Waals surface area contributed by atoms with Gasteiger partial charge in [-0.2, -0.15) is 5.10 Å². The van der Waals surface area contributed by atoms with Crippen LogP contribution in [0.4, 0.5) is 5.69 Å². The maximum Gasteiger partial charge on any atom is 0.274 e. The van der Waals surface area contributed by atoms with Crippen molar-refractivity contribution < 1.29 is 27.6 Å². The fraction of sp³-hybridized carbons (Fsp3) is 0.444. The minimum Gasteiger partial charge on any atom is -0.438 e. The Balaban J connectivity index is 1.94. The number of morpholine rings is 1. The molecule has 0 atom stereocenters. The lowest BCUT2D eigenvalue weighted by atomic mass is 10.3. The molecule has 0 saturated carbocycles. The van der Waals surface area contributed by atoms with Crippen LogP contribution in [-0.2, 0) is 21.8 Å². The van der Waals surface area contributed by atoms with Gasteiger partial charge in [0, 0.05) is 44.4 Å². The number of carbonyl (C=O) groups excluding carboxylic acids is 1. The highest BCUT2D eigenvalue weighted by atomic mass is 32.2. The molecule has 3 rings (SSSR count). The molecule has 1 aliphatic rings. The summed E-state index contributed by atoms with van der Waals surface area (Å²) in [5, 5.41) is 15.3. The maximum absolute atomic E-state index is 12.7. The number of ether oxygens (including phenoxy) is 2. The largest absolute Gasteiger partial charge is 0.438 e. The van der Waals surface area contributed by atoms with Gasteiger partial charge >= 0.3 is 0 Å². The van der Waals surface area contributed by atoms with Crippen LogP contribution in [0.25, 0.3) is 0 Å². The Bertz CT molecular complexity index is 1090. The number of sulfonamides is 1. The summed E-state index contributed by atoms with van der Waals surface area (Å²) in [4.78, 5) is 24.3. The number of nitro benzene ring substituents is 1. The molecule has 1 N–H and O–H groups in total. The molecule has 1 saturated heterocycles. The number of nitro groups is 1. The van der Waals surface area contributed by atoms with E-state index < -0.39 is 31.6 Å². The summed E-state index contributed by atoms with van der Waals surface area (Å²) in [5.41, 5.74) is -0.268. The summed E-state index contributed by atoms with van der Waals surface area (Å²) in [6.45, 7) is 5.01. The highest BCUT2D eigenvalue weighted by Gasteiger charge is 2.27. The fourth-order valence-corrected chi connectivity index (χ4v) is 4.37. The first-order chi connectivity index (χ1) is 14.6. The van der Waals surface area contributed by atoms with E-state index in [1.165, 1.54) is 23.9 Å². The van der Waals surface area contributed by atoms with E-state index in [2.05, 4.69) is 9.82 Å². The second-order valence-electron chi connectivity index (χ2n) is 7.16. The molecular formula is C18H23N5O7S. The van der Waals surface area contributed by atoms with E-state index >= 15 is 0 Å². The number of nitrogens with one attached hydrogen (secondary N) is 1. The van der Waals surface area contributed by atoms with Crippen molar-refractivity contribution in [2.75, 3.05) is 26.3 Å². The Morgan fingerprint density at radius 2 is 1.97 bits per heavy atom. The smallest absolute Gasteiger partial charge is 0.274 e. The molecule has 1 fully saturated rings.